The van der Waals surface area contributed by atoms with Gasteiger partial charge in [0.05, 0.1) is 4.92 Å². The lowest BCUT2D eigenvalue weighted by atomic mass is 10.1. The molecular weight excluding hydrogens is 250 g/mol. The Balaban J connectivity index is 2.55. The lowest BCUT2D eigenvalue weighted by Crippen LogP contribution is -1.91. The van der Waals surface area contributed by atoms with Crippen LogP contribution in [0.3, 0.4) is 0 Å². The zero-order chi connectivity index (χ0) is 11.7. The van der Waals surface area contributed by atoms with E-state index in [4.69, 9.17) is 11.6 Å². The van der Waals surface area contributed by atoms with Crippen molar-refractivity contribution in [3.63, 3.8) is 0 Å². The molecule has 82 valence electrons. The Morgan fingerprint density at radius 2 is 2.25 bits per heavy atom. The van der Waals surface area contributed by atoms with Crippen LogP contribution in [0.25, 0.3) is 11.4 Å². The van der Waals surface area contributed by atoms with Gasteiger partial charge in [0.2, 0.25) is 4.47 Å². The van der Waals surface area contributed by atoms with E-state index >= 15 is 0 Å². The highest BCUT2D eigenvalue weighted by Gasteiger charge is 2.13. The van der Waals surface area contributed by atoms with Crippen LogP contribution in [0.5, 0.6) is 0 Å². The fourth-order valence-electron chi connectivity index (χ4n) is 1.28. The normalized spacial score (nSPS) is 10.4. The van der Waals surface area contributed by atoms with Crippen LogP contribution in [0, 0.1) is 17.0 Å². The fourth-order valence-corrected chi connectivity index (χ4v) is 1.89. The monoisotopic (exact) mass is 255 g/mol. The van der Waals surface area contributed by atoms with Crippen LogP contribution in [-0.4, -0.2) is 14.3 Å². The first-order chi connectivity index (χ1) is 7.58. The molecule has 0 fully saturated rings. The van der Waals surface area contributed by atoms with Crippen LogP contribution in [0.1, 0.15) is 5.56 Å². The van der Waals surface area contributed by atoms with Gasteiger partial charge in [0.1, 0.15) is 0 Å². The molecule has 0 aliphatic heterocycles. The van der Waals surface area contributed by atoms with Crippen LogP contribution >= 0.6 is 23.1 Å². The summed E-state index contributed by atoms with van der Waals surface area (Å²) in [5.41, 5.74) is 1.53. The molecule has 0 unspecified atom stereocenters. The molecule has 1 heterocycles. The van der Waals surface area contributed by atoms with E-state index in [0.29, 0.717) is 15.9 Å². The summed E-state index contributed by atoms with van der Waals surface area (Å²) in [6, 6.07) is 4.57. The Bertz CT molecular complexity index is 555. The molecule has 0 amide bonds. The van der Waals surface area contributed by atoms with E-state index in [-0.39, 0.29) is 5.69 Å². The van der Waals surface area contributed by atoms with Crippen LogP contribution in [0.2, 0.25) is 4.47 Å². The number of aryl methyl sites for hydroxylation is 1. The number of halogens is 1. The van der Waals surface area contributed by atoms with E-state index in [2.05, 4.69) is 9.36 Å². The number of hydrogen-bond acceptors (Lipinski definition) is 5. The Labute approximate surface area is 100 Å². The number of nitro benzene ring substituents is 1. The van der Waals surface area contributed by atoms with Gasteiger partial charge in [0.25, 0.3) is 5.69 Å². The second-order valence-electron chi connectivity index (χ2n) is 3.13. The lowest BCUT2D eigenvalue weighted by Gasteiger charge is -2.00. The molecule has 0 bridgehead atoms. The van der Waals surface area contributed by atoms with E-state index in [1.807, 2.05) is 6.92 Å². The molecule has 5 nitrogen and oxygen atoms in total. The first-order valence-corrected chi connectivity index (χ1v) is 5.47. The highest BCUT2D eigenvalue weighted by atomic mass is 35.5. The summed E-state index contributed by atoms with van der Waals surface area (Å²) in [6.07, 6.45) is 0. The van der Waals surface area contributed by atoms with Crippen molar-refractivity contribution < 1.29 is 4.92 Å². The van der Waals surface area contributed by atoms with Crippen molar-refractivity contribution in [2.45, 2.75) is 6.92 Å². The number of benzene rings is 1. The standard InChI is InChI=1S/C9H6ClN3O2S/c1-5-2-3-6(13(14)15)4-7(5)8-11-9(10)16-12-8/h2-4H,1H3. The van der Waals surface area contributed by atoms with Gasteiger partial charge in [0, 0.05) is 17.7 Å². The second kappa shape index (κ2) is 4.15. The zero-order valence-corrected chi connectivity index (χ0v) is 9.75. The van der Waals surface area contributed by atoms with Gasteiger partial charge in [-0.05, 0) is 35.6 Å². The smallest absolute Gasteiger partial charge is 0.258 e. The molecule has 1 aromatic carbocycles. The summed E-state index contributed by atoms with van der Waals surface area (Å²) >= 11 is 6.73. The van der Waals surface area contributed by atoms with Crippen LogP contribution < -0.4 is 0 Å². The molecule has 0 saturated carbocycles. The minimum atomic E-state index is -0.448. The molecule has 0 aliphatic rings. The van der Waals surface area contributed by atoms with Gasteiger partial charge in [0.15, 0.2) is 5.82 Å². The third-order valence-electron chi connectivity index (χ3n) is 2.07. The minimum absolute atomic E-state index is 0.0199. The molecule has 0 spiro atoms. The molecule has 2 rings (SSSR count). The van der Waals surface area contributed by atoms with Crippen LogP contribution in [-0.2, 0) is 0 Å². The molecule has 0 saturated heterocycles. The van der Waals surface area contributed by atoms with E-state index in [1.165, 1.54) is 12.1 Å². The molecule has 1 aromatic heterocycles. The number of nitrogens with zero attached hydrogens (tertiary/aromatic N) is 3. The van der Waals surface area contributed by atoms with E-state index in [0.717, 1.165) is 17.1 Å². The summed E-state index contributed by atoms with van der Waals surface area (Å²) in [5.74, 6) is 0.427. The number of non-ortho nitro benzene ring substituents is 1. The first kappa shape index (κ1) is 11.0. The van der Waals surface area contributed by atoms with Crippen molar-refractivity contribution in [3.05, 3.63) is 38.3 Å². The summed E-state index contributed by atoms with van der Waals surface area (Å²) in [4.78, 5) is 14.2. The van der Waals surface area contributed by atoms with Crippen molar-refractivity contribution >= 4 is 28.8 Å². The topological polar surface area (TPSA) is 68.9 Å². The van der Waals surface area contributed by atoms with Gasteiger partial charge in [-0.1, -0.05) is 6.07 Å². The van der Waals surface area contributed by atoms with Gasteiger partial charge in [-0.3, -0.25) is 10.1 Å². The Morgan fingerprint density at radius 1 is 1.50 bits per heavy atom. The lowest BCUT2D eigenvalue weighted by molar-refractivity contribution is -0.384. The number of hydrogen-bond donors (Lipinski definition) is 0. The molecule has 7 heteroatoms. The van der Waals surface area contributed by atoms with Crippen LogP contribution in [0.4, 0.5) is 5.69 Å². The largest absolute Gasteiger partial charge is 0.270 e. The van der Waals surface area contributed by atoms with Crippen molar-refractivity contribution in [1.82, 2.24) is 9.36 Å². The number of nitro groups is 1. The molecule has 2 aromatic rings. The highest BCUT2D eigenvalue weighted by molar-refractivity contribution is 7.10. The Hall–Kier alpha value is -1.53. The maximum absolute atomic E-state index is 10.6. The van der Waals surface area contributed by atoms with Gasteiger partial charge in [-0.2, -0.15) is 4.37 Å². The Kier molecular flexibility index (Phi) is 2.84. The van der Waals surface area contributed by atoms with Gasteiger partial charge >= 0.3 is 0 Å². The number of rotatable bonds is 2. The van der Waals surface area contributed by atoms with Crippen molar-refractivity contribution in [2.24, 2.45) is 0 Å². The van der Waals surface area contributed by atoms with E-state index < -0.39 is 4.92 Å². The second-order valence-corrected chi connectivity index (χ2v) is 4.46. The van der Waals surface area contributed by atoms with E-state index in [9.17, 15) is 10.1 Å². The van der Waals surface area contributed by atoms with E-state index in [1.54, 1.807) is 6.07 Å². The summed E-state index contributed by atoms with van der Waals surface area (Å²) in [6.45, 7) is 1.84. The maximum atomic E-state index is 10.6. The number of aromatic nitrogens is 2. The van der Waals surface area contributed by atoms with Gasteiger partial charge in [-0.25, -0.2) is 4.98 Å². The molecular formula is C9H6ClN3O2S. The third kappa shape index (κ3) is 2.02. The highest BCUT2D eigenvalue weighted by Crippen LogP contribution is 2.27. The molecule has 16 heavy (non-hydrogen) atoms. The minimum Gasteiger partial charge on any atom is -0.258 e. The average Bonchev–Trinajstić information content (AvgIpc) is 2.65. The molecule has 0 aliphatic carbocycles. The van der Waals surface area contributed by atoms with Crippen molar-refractivity contribution in [1.29, 1.82) is 0 Å². The molecule has 0 atom stereocenters. The Morgan fingerprint density at radius 3 is 2.81 bits per heavy atom. The molecule has 0 radical (unpaired) electrons. The average molecular weight is 256 g/mol. The van der Waals surface area contributed by atoms with Crippen molar-refractivity contribution in [3.8, 4) is 11.4 Å². The van der Waals surface area contributed by atoms with Gasteiger partial charge in [-0.15, -0.1) is 0 Å². The fraction of sp³-hybridized carbons (Fsp3) is 0.111. The van der Waals surface area contributed by atoms with Crippen molar-refractivity contribution in [2.75, 3.05) is 0 Å². The molecule has 0 N–H and O–H groups in total. The summed E-state index contributed by atoms with van der Waals surface area (Å²) < 4.78 is 4.34. The predicted octanol–water partition coefficient (Wildman–Crippen LogP) is 3.08. The SMILES string of the molecule is Cc1ccc([N+](=O)[O-])cc1-c1nsc(Cl)n1. The third-order valence-corrected chi connectivity index (χ3v) is 2.87. The quantitative estimate of drug-likeness (QED) is 0.611. The zero-order valence-electron chi connectivity index (χ0n) is 8.18. The predicted molar refractivity (Wildman–Crippen MR) is 61.7 cm³/mol. The van der Waals surface area contributed by atoms with Gasteiger partial charge < -0.3 is 0 Å². The summed E-state index contributed by atoms with van der Waals surface area (Å²) in [5, 5.41) is 10.6. The maximum Gasteiger partial charge on any atom is 0.270 e. The first-order valence-electron chi connectivity index (χ1n) is 4.32. The van der Waals surface area contributed by atoms with Crippen LogP contribution in [0.15, 0.2) is 18.2 Å². The summed E-state index contributed by atoms with van der Waals surface area (Å²) in [7, 11) is 0.